The summed E-state index contributed by atoms with van der Waals surface area (Å²) in [6, 6.07) is 19.1. The molecule has 4 atom stereocenters. The van der Waals surface area contributed by atoms with Gasteiger partial charge in [0.15, 0.2) is 10.3 Å². The second-order valence-corrected chi connectivity index (χ2v) is 12.7. The van der Waals surface area contributed by atoms with Gasteiger partial charge in [0.25, 0.3) is 0 Å². The van der Waals surface area contributed by atoms with Crippen LogP contribution in [0.4, 0.5) is 8.78 Å². The van der Waals surface area contributed by atoms with Gasteiger partial charge in [0, 0.05) is 24.5 Å². The molecule has 4 aromatic rings. The molecule has 0 saturated carbocycles. The molecule has 2 amide bonds. The molecule has 2 aromatic heterocycles. The van der Waals surface area contributed by atoms with Gasteiger partial charge in [-0.25, -0.2) is 18.7 Å². The van der Waals surface area contributed by atoms with Crippen LogP contribution in [0.2, 0.25) is 0 Å². The fourth-order valence-corrected chi connectivity index (χ4v) is 6.78. The minimum absolute atomic E-state index is 0.127. The van der Waals surface area contributed by atoms with E-state index in [1.165, 1.54) is 62.0 Å². The van der Waals surface area contributed by atoms with Gasteiger partial charge in [-0.3, -0.25) is 19.6 Å². The zero-order chi connectivity index (χ0) is 34.2. The Kier molecular flexibility index (Phi) is 11.4. The smallest absolute Gasteiger partial charge is 0.244 e. The molecule has 2 saturated heterocycles. The van der Waals surface area contributed by atoms with E-state index < -0.39 is 0 Å². The second-order valence-electron chi connectivity index (χ2n) is 10.6. The van der Waals surface area contributed by atoms with E-state index in [4.69, 9.17) is 9.47 Å². The number of halogens is 2. The Morgan fingerprint density at radius 1 is 0.667 bits per heavy atom. The van der Waals surface area contributed by atoms with E-state index in [-0.39, 0.29) is 46.0 Å². The van der Waals surface area contributed by atoms with Crippen molar-refractivity contribution in [2.45, 2.75) is 36.4 Å². The number of nitrogens with zero attached hydrogens (tertiary/aromatic N) is 4. The largest absolute Gasteiger partial charge is 0.481 e. The molecule has 10 nitrogen and oxygen atoms in total. The van der Waals surface area contributed by atoms with Gasteiger partial charge in [-0.2, -0.15) is 0 Å². The number of rotatable bonds is 8. The summed E-state index contributed by atoms with van der Waals surface area (Å²) in [5, 5.41) is 5.91. The first-order chi connectivity index (χ1) is 23.1. The summed E-state index contributed by atoms with van der Waals surface area (Å²) in [5.74, 6) is 0.108. The standard InChI is InChI=1S/2C17H16FN3O2S/c2*1-10(11-3-5-13(18)6-4-11)20-17-21-16(22)15(24-17)12-7-8-19-14(9-12)23-2/h2*3-10,15H,1-2H3,(H,20,21,22)/t10-,15+;10-,15-/m00/s1. The normalized spacial score (nSPS) is 20.0. The molecule has 14 heteroatoms. The zero-order valence-electron chi connectivity index (χ0n) is 26.4. The Balaban J connectivity index is 0.000000188. The number of amides is 2. The maximum absolute atomic E-state index is 13.0. The van der Waals surface area contributed by atoms with Crippen LogP contribution in [0.15, 0.2) is 95.2 Å². The number of methoxy groups -OCH3 is 2. The van der Waals surface area contributed by atoms with Crippen LogP contribution in [0.5, 0.6) is 11.8 Å². The van der Waals surface area contributed by atoms with Crippen LogP contribution in [0.1, 0.15) is 58.7 Å². The van der Waals surface area contributed by atoms with Crippen molar-refractivity contribution in [3.05, 3.63) is 119 Å². The molecular weight excluding hydrogens is 659 g/mol. The van der Waals surface area contributed by atoms with Crippen molar-refractivity contribution in [3.63, 3.8) is 0 Å². The van der Waals surface area contributed by atoms with Crippen molar-refractivity contribution in [1.29, 1.82) is 0 Å². The highest BCUT2D eigenvalue weighted by Gasteiger charge is 2.33. The summed E-state index contributed by atoms with van der Waals surface area (Å²) >= 11 is 2.70. The Labute approximate surface area is 284 Å². The van der Waals surface area contributed by atoms with Crippen LogP contribution in [0.3, 0.4) is 0 Å². The van der Waals surface area contributed by atoms with Crippen LogP contribution in [0, 0.1) is 11.6 Å². The van der Waals surface area contributed by atoms with Crippen molar-refractivity contribution in [1.82, 2.24) is 20.6 Å². The Morgan fingerprint density at radius 2 is 1.04 bits per heavy atom. The SMILES string of the molecule is COc1cc([C@@H]2SC(=N[C@@H](C)c3ccc(F)cc3)NC2=O)ccn1.COc1cc([C@H]2SC(=N[C@@H](C)c3ccc(F)cc3)NC2=O)ccn1. The number of carbonyl (C=O) groups is 2. The van der Waals surface area contributed by atoms with E-state index >= 15 is 0 Å². The minimum atomic E-state index is -0.388. The van der Waals surface area contributed by atoms with Gasteiger partial charge in [-0.15, -0.1) is 0 Å². The molecule has 2 aliphatic heterocycles. The summed E-state index contributed by atoms with van der Waals surface area (Å²) in [6.45, 7) is 3.80. The summed E-state index contributed by atoms with van der Waals surface area (Å²) in [7, 11) is 3.07. The van der Waals surface area contributed by atoms with Crippen LogP contribution in [-0.2, 0) is 9.59 Å². The van der Waals surface area contributed by atoms with Gasteiger partial charge in [0.05, 0.1) is 26.3 Å². The number of carbonyl (C=O) groups excluding carboxylic acids is 2. The predicted octanol–water partition coefficient (Wildman–Crippen LogP) is 6.50. The van der Waals surface area contributed by atoms with E-state index in [2.05, 4.69) is 30.6 Å². The number of aliphatic imine (C=N–C) groups is 2. The monoisotopic (exact) mass is 690 g/mol. The lowest BCUT2D eigenvalue weighted by Gasteiger charge is -2.08. The fraction of sp³-hybridized carbons (Fsp3) is 0.235. The van der Waals surface area contributed by atoms with Gasteiger partial charge in [0.1, 0.15) is 22.1 Å². The second kappa shape index (κ2) is 15.8. The molecule has 0 unspecified atom stereocenters. The van der Waals surface area contributed by atoms with E-state index in [0.29, 0.717) is 22.1 Å². The minimum Gasteiger partial charge on any atom is -0.481 e. The number of thioether (sulfide) groups is 2. The lowest BCUT2D eigenvalue weighted by Crippen LogP contribution is -2.22. The molecule has 0 bridgehead atoms. The molecule has 248 valence electrons. The first-order valence-electron chi connectivity index (χ1n) is 14.7. The van der Waals surface area contributed by atoms with Crippen molar-refractivity contribution in [3.8, 4) is 11.8 Å². The lowest BCUT2D eigenvalue weighted by molar-refractivity contribution is -0.119. The van der Waals surface area contributed by atoms with Crippen LogP contribution < -0.4 is 20.1 Å². The van der Waals surface area contributed by atoms with Crippen molar-refractivity contribution >= 4 is 45.7 Å². The Morgan fingerprint density at radius 3 is 1.40 bits per heavy atom. The molecule has 2 fully saturated rings. The summed E-state index contributed by atoms with van der Waals surface area (Å²) in [6.07, 6.45) is 3.22. The number of pyridine rings is 2. The van der Waals surface area contributed by atoms with Gasteiger partial charge in [-0.05, 0) is 72.5 Å². The molecule has 48 heavy (non-hydrogen) atoms. The van der Waals surface area contributed by atoms with Gasteiger partial charge in [0.2, 0.25) is 23.6 Å². The summed E-state index contributed by atoms with van der Waals surface area (Å²) in [4.78, 5) is 41.6. The first-order valence-corrected chi connectivity index (χ1v) is 16.5. The third kappa shape index (κ3) is 8.75. The molecule has 0 radical (unpaired) electrons. The maximum atomic E-state index is 13.0. The van der Waals surface area contributed by atoms with Gasteiger partial charge >= 0.3 is 0 Å². The molecular formula is C34H32F2N6O4S2. The van der Waals surface area contributed by atoms with Crippen molar-refractivity contribution < 1.29 is 27.8 Å². The summed E-state index contributed by atoms with van der Waals surface area (Å²) in [5.41, 5.74) is 3.38. The summed E-state index contributed by atoms with van der Waals surface area (Å²) < 4.78 is 36.2. The number of benzene rings is 2. The predicted molar refractivity (Wildman–Crippen MR) is 183 cm³/mol. The molecule has 4 heterocycles. The molecule has 2 aliphatic rings. The number of ether oxygens (including phenoxy) is 2. The van der Waals surface area contributed by atoms with Gasteiger partial charge in [-0.1, -0.05) is 47.8 Å². The third-order valence-electron chi connectivity index (χ3n) is 7.26. The van der Waals surface area contributed by atoms with E-state index in [1.54, 1.807) is 60.9 Å². The fourth-order valence-electron chi connectivity index (χ4n) is 4.68. The molecule has 0 spiro atoms. The topological polar surface area (TPSA) is 127 Å². The number of aromatic nitrogens is 2. The highest BCUT2D eigenvalue weighted by molar-refractivity contribution is 8.15. The number of hydrogen-bond donors (Lipinski definition) is 2. The number of amidine groups is 2. The van der Waals surface area contributed by atoms with Crippen molar-refractivity contribution in [2.75, 3.05) is 14.2 Å². The lowest BCUT2D eigenvalue weighted by atomic mass is 10.1. The zero-order valence-corrected chi connectivity index (χ0v) is 28.0. The van der Waals surface area contributed by atoms with E-state index in [0.717, 1.165) is 22.3 Å². The van der Waals surface area contributed by atoms with Gasteiger partial charge < -0.3 is 20.1 Å². The van der Waals surface area contributed by atoms with Crippen molar-refractivity contribution in [2.24, 2.45) is 9.98 Å². The Bertz CT molecular complexity index is 1690. The molecule has 2 aromatic carbocycles. The molecule has 0 aliphatic carbocycles. The average molecular weight is 691 g/mol. The highest BCUT2D eigenvalue weighted by atomic mass is 32.2. The van der Waals surface area contributed by atoms with Crippen LogP contribution >= 0.6 is 23.5 Å². The molecule has 2 N–H and O–H groups in total. The first kappa shape index (κ1) is 34.5. The maximum Gasteiger partial charge on any atom is 0.244 e. The number of hydrogen-bond acceptors (Lipinski definition) is 10. The molecule has 6 rings (SSSR count). The average Bonchev–Trinajstić information content (AvgIpc) is 3.66. The van der Waals surface area contributed by atoms with Crippen LogP contribution in [0.25, 0.3) is 0 Å². The number of nitrogens with one attached hydrogen (secondary N) is 2. The van der Waals surface area contributed by atoms with E-state index in [9.17, 15) is 18.4 Å². The quantitative estimate of drug-likeness (QED) is 0.215. The Hall–Kier alpha value is -4.82. The van der Waals surface area contributed by atoms with Crippen LogP contribution in [-0.4, -0.2) is 46.3 Å². The van der Waals surface area contributed by atoms with E-state index in [1.807, 2.05) is 13.8 Å². The third-order valence-corrected chi connectivity index (χ3v) is 9.57. The highest BCUT2D eigenvalue weighted by Crippen LogP contribution is 2.37.